The van der Waals surface area contributed by atoms with Gasteiger partial charge in [0.25, 0.3) is 5.91 Å². The molecule has 1 aliphatic rings. The Bertz CT molecular complexity index is 357. The van der Waals surface area contributed by atoms with E-state index in [4.69, 9.17) is 10.7 Å². The van der Waals surface area contributed by atoms with Crippen molar-refractivity contribution in [3.63, 3.8) is 0 Å². The Kier molecular flexibility index (Phi) is 2.34. The van der Waals surface area contributed by atoms with Gasteiger partial charge in [0.05, 0.1) is 22.2 Å². The second-order valence-electron chi connectivity index (χ2n) is 2.17. The summed E-state index contributed by atoms with van der Waals surface area (Å²) in [7, 11) is 0. The van der Waals surface area contributed by atoms with Gasteiger partial charge in [0, 0.05) is 6.42 Å². The molecule has 0 unspecified atom stereocenters. The highest BCUT2D eigenvalue weighted by Crippen LogP contribution is 2.19. The molecule has 1 aliphatic heterocycles. The highest BCUT2D eigenvalue weighted by atomic mass is 32.1. The van der Waals surface area contributed by atoms with Gasteiger partial charge >= 0.3 is 0 Å². The molecule has 2 N–H and O–H groups in total. The van der Waals surface area contributed by atoms with Crippen molar-refractivity contribution in [2.75, 3.05) is 0 Å². The summed E-state index contributed by atoms with van der Waals surface area (Å²) in [6.07, 6.45) is 0.144. The number of allylic oxidation sites excluding steroid dienone is 1. The lowest BCUT2D eigenvalue weighted by Gasteiger charge is -2.13. The molecule has 60 valence electrons. The van der Waals surface area contributed by atoms with Gasteiger partial charge < -0.3 is 5.32 Å². The molecular formula is C7H5N3OS. The summed E-state index contributed by atoms with van der Waals surface area (Å²) in [5.41, 5.74) is 0.511. The van der Waals surface area contributed by atoms with E-state index in [9.17, 15) is 4.79 Å². The van der Waals surface area contributed by atoms with Crippen LogP contribution >= 0.6 is 12.6 Å². The molecular weight excluding hydrogens is 174 g/mol. The summed E-state index contributed by atoms with van der Waals surface area (Å²) in [4.78, 5) is 11.0. The molecule has 0 radical (unpaired) electrons. The molecule has 12 heavy (non-hydrogen) atoms. The van der Waals surface area contributed by atoms with Crippen molar-refractivity contribution in [1.29, 1.82) is 10.7 Å². The van der Waals surface area contributed by atoms with Gasteiger partial charge in [-0.1, -0.05) is 0 Å². The van der Waals surface area contributed by atoms with Gasteiger partial charge in [-0.25, -0.2) is 0 Å². The Morgan fingerprint density at radius 1 is 1.67 bits per heavy atom. The summed E-state index contributed by atoms with van der Waals surface area (Å²) >= 11 is 3.90. The minimum Gasteiger partial charge on any atom is -0.316 e. The molecule has 0 fully saturated rings. The fraction of sp³-hybridized carbons (Fsp3) is 0.143. The Hall–Kier alpha value is -1.50. The standard InChI is InChI=1S/C7H5N3OS/c8-2-4-1-5(3-9)7(12)10-6(4)11/h8,12H,1H2,(H,10,11). The fourth-order valence-electron chi connectivity index (χ4n) is 0.793. The van der Waals surface area contributed by atoms with Crippen LogP contribution in [0.5, 0.6) is 0 Å². The number of carbonyl (C=O) groups excluding carboxylic acids is 1. The Morgan fingerprint density at radius 3 is 2.83 bits per heavy atom. The summed E-state index contributed by atoms with van der Waals surface area (Å²) in [5.74, 6) is 1.57. The number of rotatable bonds is 0. The predicted molar refractivity (Wildman–Crippen MR) is 45.6 cm³/mol. The van der Waals surface area contributed by atoms with Crippen LogP contribution in [-0.2, 0) is 4.79 Å². The molecule has 5 heteroatoms. The van der Waals surface area contributed by atoms with Crippen LogP contribution in [0.4, 0.5) is 0 Å². The topological polar surface area (TPSA) is 76.7 Å². The third-order valence-electron chi connectivity index (χ3n) is 1.43. The maximum Gasteiger partial charge on any atom is 0.261 e. The van der Waals surface area contributed by atoms with Crippen molar-refractivity contribution < 1.29 is 4.79 Å². The first-order chi connectivity index (χ1) is 5.69. The number of nitriles is 1. The van der Waals surface area contributed by atoms with E-state index >= 15 is 0 Å². The zero-order chi connectivity index (χ0) is 9.14. The number of amides is 1. The van der Waals surface area contributed by atoms with E-state index < -0.39 is 5.91 Å². The van der Waals surface area contributed by atoms with Crippen molar-refractivity contribution in [2.45, 2.75) is 6.42 Å². The molecule has 0 spiro atoms. The van der Waals surface area contributed by atoms with Gasteiger partial charge in [-0.2, -0.15) is 5.26 Å². The van der Waals surface area contributed by atoms with E-state index in [2.05, 4.69) is 17.9 Å². The van der Waals surface area contributed by atoms with Crippen LogP contribution in [0.3, 0.4) is 0 Å². The predicted octanol–water partition coefficient (Wildman–Crippen LogP) is 0.346. The van der Waals surface area contributed by atoms with Gasteiger partial charge in [-0.3, -0.25) is 10.2 Å². The minimum atomic E-state index is -0.408. The first kappa shape index (κ1) is 8.60. The van der Waals surface area contributed by atoms with Crippen molar-refractivity contribution in [3.05, 3.63) is 16.2 Å². The quantitative estimate of drug-likeness (QED) is 0.285. The first-order valence-corrected chi connectivity index (χ1v) is 3.56. The number of thiol groups is 1. The normalized spacial score (nSPS) is 16.7. The molecule has 4 nitrogen and oxygen atoms in total. The lowest BCUT2D eigenvalue weighted by Crippen LogP contribution is -2.28. The van der Waals surface area contributed by atoms with Crippen LogP contribution < -0.4 is 5.32 Å². The van der Waals surface area contributed by atoms with E-state index in [-0.39, 0.29) is 17.0 Å². The summed E-state index contributed by atoms with van der Waals surface area (Å²) in [6, 6.07) is 1.88. The average Bonchev–Trinajstić information content (AvgIpc) is 2.05. The average molecular weight is 179 g/mol. The van der Waals surface area contributed by atoms with Crippen LogP contribution in [0.2, 0.25) is 0 Å². The second-order valence-corrected chi connectivity index (χ2v) is 2.62. The number of carbonyl (C=O) groups is 1. The zero-order valence-corrected chi connectivity index (χ0v) is 6.90. The summed E-state index contributed by atoms with van der Waals surface area (Å²) in [6.45, 7) is 0. The van der Waals surface area contributed by atoms with E-state index in [0.29, 0.717) is 5.57 Å². The van der Waals surface area contributed by atoms with Crippen LogP contribution in [0, 0.1) is 16.7 Å². The Balaban J connectivity index is 3.10. The number of nitrogens with zero attached hydrogens (tertiary/aromatic N) is 1. The molecule has 1 amide bonds. The van der Waals surface area contributed by atoms with E-state index in [1.165, 1.54) is 0 Å². The van der Waals surface area contributed by atoms with Gasteiger partial charge in [0.15, 0.2) is 0 Å². The molecule has 0 aliphatic carbocycles. The third-order valence-corrected chi connectivity index (χ3v) is 1.81. The lowest BCUT2D eigenvalue weighted by molar-refractivity contribution is -0.116. The van der Waals surface area contributed by atoms with Gasteiger partial charge in [0.1, 0.15) is 0 Å². The fourth-order valence-corrected chi connectivity index (χ4v) is 1.02. The van der Waals surface area contributed by atoms with E-state index in [1.54, 1.807) is 0 Å². The van der Waals surface area contributed by atoms with Crippen molar-refractivity contribution >= 4 is 24.4 Å². The summed E-state index contributed by atoms with van der Waals surface area (Å²) in [5, 5.41) is 17.9. The second kappa shape index (κ2) is 3.26. The molecule has 0 bridgehead atoms. The lowest BCUT2D eigenvalue weighted by atomic mass is 10.1. The monoisotopic (exact) mass is 179 g/mol. The maximum atomic E-state index is 11.0. The maximum absolute atomic E-state index is 11.0. The molecule has 0 saturated carbocycles. The van der Waals surface area contributed by atoms with Gasteiger partial charge in [-0.15, -0.1) is 12.6 Å². The minimum absolute atomic E-state index is 0.144. The van der Waals surface area contributed by atoms with Crippen molar-refractivity contribution in [1.82, 2.24) is 5.32 Å². The number of hydrogen-bond acceptors (Lipinski definition) is 4. The molecule has 0 saturated heterocycles. The smallest absolute Gasteiger partial charge is 0.261 e. The highest BCUT2D eigenvalue weighted by molar-refractivity contribution is 7.84. The molecule has 0 atom stereocenters. The van der Waals surface area contributed by atoms with Gasteiger partial charge in [-0.05, 0) is 5.87 Å². The van der Waals surface area contributed by atoms with Crippen molar-refractivity contribution in [2.24, 2.45) is 0 Å². The van der Waals surface area contributed by atoms with Crippen LogP contribution in [0.1, 0.15) is 6.42 Å². The zero-order valence-electron chi connectivity index (χ0n) is 6.01. The van der Waals surface area contributed by atoms with E-state index in [1.807, 2.05) is 11.9 Å². The number of hydrogen-bond donors (Lipinski definition) is 3. The van der Waals surface area contributed by atoms with Gasteiger partial charge in [0.2, 0.25) is 0 Å². The van der Waals surface area contributed by atoms with E-state index in [0.717, 1.165) is 0 Å². The van der Waals surface area contributed by atoms with Crippen LogP contribution in [-0.4, -0.2) is 11.8 Å². The molecule has 0 aromatic rings. The molecule has 1 rings (SSSR count). The summed E-state index contributed by atoms with van der Waals surface area (Å²) < 4.78 is 0. The molecule has 0 aromatic heterocycles. The largest absolute Gasteiger partial charge is 0.316 e. The molecule has 1 heterocycles. The SMILES string of the molecule is N#CC1=C(S)NC(=O)C(=C=N)C1. The van der Waals surface area contributed by atoms with Crippen molar-refractivity contribution in [3.8, 4) is 6.07 Å². The Morgan fingerprint density at radius 2 is 2.33 bits per heavy atom. The molecule has 0 aromatic carbocycles. The van der Waals surface area contributed by atoms with Crippen LogP contribution in [0.15, 0.2) is 16.2 Å². The highest BCUT2D eigenvalue weighted by Gasteiger charge is 2.20. The van der Waals surface area contributed by atoms with Crippen LogP contribution in [0.25, 0.3) is 0 Å². The third kappa shape index (κ3) is 1.40. The Labute approximate surface area is 74.5 Å². The first-order valence-electron chi connectivity index (χ1n) is 3.11. The number of nitrogens with one attached hydrogen (secondary N) is 2.